The number of benzene rings is 1. The molecule has 0 saturated heterocycles. The fraction of sp³-hybridized carbons (Fsp3) is 0.190. The molecule has 0 bridgehead atoms. The van der Waals surface area contributed by atoms with E-state index in [2.05, 4.69) is 10.3 Å². The van der Waals surface area contributed by atoms with Crippen LogP contribution in [0.1, 0.15) is 37.5 Å². The topological polar surface area (TPSA) is 72.7 Å². The summed E-state index contributed by atoms with van der Waals surface area (Å²) in [6, 6.07) is 11.7. The van der Waals surface area contributed by atoms with Gasteiger partial charge in [-0.25, -0.2) is 9.78 Å². The molecule has 0 atom stereocenters. The number of rotatable bonds is 5. The van der Waals surface area contributed by atoms with Gasteiger partial charge in [-0.05, 0) is 26.8 Å². The van der Waals surface area contributed by atoms with Gasteiger partial charge in [-0.1, -0.05) is 41.7 Å². The van der Waals surface area contributed by atoms with Crippen LogP contribution in [-0.4, -0.2) is 27.9 Å². The third kappa shape index (κ3) is 3.68. The van der Waals surface area contributed by atoms with E-state index in [4.69, 9.17) is 4.74 Å². The third-order valence-electron chi connectivity index (χ3n) is 4.41. The average molecular weight is 426 g/mol. The lowest BCUT2D eigenvalue weighted by Crippen LogP contribution is -2.14. The number of carbonyl (C=O) groups is 2. The Kier molecular flexibility index (Phi) is 5.21. The number of anilines is 1. The Bertz CT molecular complexity index is 1200. The predicted molar refractivity (Wildman–Crippen MR) is 116 cm³/mol. The zero-order chi connectivity index (χ0) is 20.5. The normalized spacial score (nSPS) is 11.0. The van der Waals surface area contributed by atoms with Crippen LogP contribution in [0.2, 0.25) is 0 Å². The summed E-state index contributed by atoms with van der Waals surface area (Å²) in [6.45, 7) is 5.81. The molecule has 29 heavy (non-hydrogen) atoms. The number of aromatic nitrogens is 2. The van der Waals surface area contributed by atoms with E-state index < -0.39 is 5.97 Å². The maximum atomic E-state index is 12.9. The summed E-state index contributed by atoms with van der Waals surface area (Å²) in [5.41, 5.74) is 3.09. The van der Waals surface area contributed by atoms with Crippen LogP contribution in [-0.2, 0) is 4.74 Å². The molecule has 0 aliphatic heterocycles. The number of nitrogens with one attached hydrogen (secondary N) is 1. The molecule has 1 amide bonds. The van der Waals surface area contributed by atoms with Gasteiger partial charge >= 0.3 is 5.97 Å². The summed E-state index contributed by atoms with van der Waals surface area (Å²) in [7, 11) is 0. The number of hydrogen-bond acceptors (Lipinski definition) is 6. The molecule has 0 unspecified atom stereocenters. The van der Waals surface area contributed by atoms with Crippen molar-refractivity contribution in [2.75, 3.05) is 11.9 Å². The minimum Gasteiger partial charge on any atom is -0.462 e. The molecule has 4 rings (SSSR count). The Labute approximate surface area is 175 Å². The highest BCUT2D eigenvalue weighted by Crippen LogP contribution is 2.31. The van der Waals surface area contributed by atoms with Gasteiger partial charge in [-0.15, -0.1) is 11.3 Å². The van der Waals surface area contributed by atoms with E-state index in [1.807, 2.05) is 54.8 Å². The minimum atomic E-state index is -0.433. The van der Waals surface area contributed by atoms with Crippen molar-refractivity contribution in [1.82, 2.24) is 9.38 Å². The van der Waals surface area contributed by atoms with E-state index >= 15 is 0 Å². The number of amides is 1. The first-order valence-corrected chi connectivity index (χ1v) is 10.7. The van der Waals surface area contributed by atoms with Gasteiger partial charge in [-0.3, -0.25) is 9.20 Å². The monoisotopic (exact) mass is 425 g/mol. The van der Waals surface area contributed by atoms with Crippen molar-refractivity contribution in [1.29, 1.82) is 0 Å². The van der Waals surface area contributed by atoms with Crippen molar-refractivity contribution in [2.24, 2.45) is 0 Å². The lowest BCUT2D eigenvalue weighted by molar-refractivity contribution is 0.0528. The van der Waals surface area contributed by atoms with E-state index in [1.54, 1.807) is 13.0 Å². The molecule has 0 spiro atoms. The number of esters is 1. The Morgan fingerprint density at radius 1 is 1.17 bits per heavy atom. The molecule has 3 aromatic heterocycles. The summed E-state index contributed by atoms with van der Waals surface area (Å²) in [5.74, 6) is -0.691. The number of nitrogens with zero attached hydrogens (tertiary/aromatic N) is 2. The molecular weight excluding hydrogens is 406 g/mol. The highest BCUT2D eigenvalue weighted by molar-refractivity contribution is 7.19. The molecule has 6 nitrogen and oxygen atoms in total. The first kappa shape index (κ1) is 19.4. The van der Waals surface area contributed by atoms with Gasteiger partial charge < -0.3 is 10.1 Å². The zero-order valence-electron chi connectivity index (χ0n) is 16.2. The number of thiophene rings is 1. The van der Waals surface area contributed by atoms with Crippen molar-refractivity contribution in [3.63, 3.8) is 0 Å². The fourth-order valence-corrected chi connectivity index (χ4v) is 4.94. The van der Waals surface area contributed by atoms with Gasteiger partial charge in [0.2, 0.25) is 0 Å². The van der Waals surface area contributed by atoms with Crippen LogP contribution in [0.25, 0.3) is 16.2 Å². The summed E-state index contributed by atoms with van der Waals surface area (Å²) in [6.07, 6.45) is 1.94. The average Bonchev–Trinajstić information content (AvgIpc) is 3.37. The summed E-state index contributed by atoms with van der Waals surface area (Å²) in [5, 5.41) is 3.37. The summed E-state index contributed by atoms with van der Waals surface area (Å²) in [4.78, 5) is 32.0. The number of thiazole rings is 1. The quantitative estimate of drug-likeness (QED) is 0.448. The predicted octanol–water partition coefficient (Wildman–Crippen LogP) is 5.17. The van der Waals surface area contributed by atoms with E-state index in [0.29, 0.717) is 15.4 Å². The van der Waals surface area contributed by atoms with E-state index in [1.165, 1.54) is 22.7 Å². The standard InChI is InChI=1S/C21H19N3O3S2/c1-4-27-20(26)15-10-12(2)28-19(15)23-18(25)17-13(3)24-11-16(22-21(24)29-17)14-8-6-5-7-9-14/h5-11H,4H2,1-3H3,(H,23,25). The fourth-order valence-electron chi connectivity index (χ4n) is 3.04. The lowest BCUT2D eigenvalue weighted by Gasteiger charge is -2.05. The van der Waals surface area contributed by atoms with Crippen LogP contribution in [0.15, 0.2) is 42.6 Å². The van der Waals surface area contributed by atoms with Crippen LogP contribution < -0.4 is 5.32 Å². The number of hydrogen-bond donors (Lipinski definition) is 1. The molecule has 0 fully saturated rings. The number of imidazole rings is 1. The van der Waals surface area contributed by atoms with Crippen molar-refractivity contribution >= 4 is 44.5 Å². The van der Waals surface area contributed by atoms with E-state index in [9.17, 15) is 9.59 Å². The molecule has 1 aromatic carbocycles. The smallest absolute Gasteiger partial charge is 0.341 e. The molecule has 0 aliphatic rings. The maximum absolute atomic E-state index is 12.9. The first-order chi connectivity index (χ1) is 14.0. The Balaban J connectivity index is 1.62. The van der Waals surface area contributed by atoms with Crippen LogP contribution in [0.3, 0.4) is 0 Å². The van der Waals surface area contributed by atoms with Crippen molar-refractivity contribution in [3.05, 3.63) is 63.6 Å². The first-order valence-electron chi connectivity index (χ1n) is 9.10. The zero-order valence-corrected chi connectivity index (χ0v) is 17.8. The van der Waals surface area contributed by atoms with E-state index in [0.717, 1.165) is 26.8 Å². The molecular formula is C21H19N3O3S2. The van der Waals surface area contributed by atoms with Gasteiger partial charge in [0.15, 0.2) is 4.96 Å². The van der Waals surface area contributed by atoms with E-state index in [-0.39, 0.29) is 12.5 Å². The van der Waals surface area contributed by atoms with Gasteiger partial charge in [0.1, 0.15) is 9.88 Å². The molecule has 148 valence electrons. The van der Waals surface area contributed by atoms with Crippen LogP contribution in [0, 0.1) is 13.8 Å². The SMILES string of the molecule is CCOC(=O)c1cc(C)sc1NC(=O)c1sc2nc(-c3ccccc3)cn2c1C. The molecule has 3 heterocycles. The third-order valence-corrected chi connectivity index (χ3v) is 6.53. The molecule has 8 heteroatoms. The molecule has 0 saturated carbocycles. The molecule has 4 aromatic rings. The van der Waals surface area contributed by atoms with Gasteiger partial charge in [0.25, 0.3) is 5.91 Å². The van der Waals surface area contributed by atoms with Crippen LogP contribution in [0.4, 0.5) is 5.00 Å². The van der Waals surface area contributed by atoms with Gasteiger partial charge in [0.05, 0.1) is 17.9 Å². The Morgan fingerprint density at radius 2 is 1.93 bits per heavy atom. The second-order valence-corrected chi connectivity index (χ2v) is 8.67. The maximum Gasteiger partial charge on any atom is 0.341 e. The number of ether oxygens (including phenoxy) is 1. The minimum absolute atomic E-state index is 0.258. The highest BCUT2D eigenvalue weighted by atomic mass is 32.1. The lowest BCUT2D eigenvalue weighted by atomic mass is 10.2. The van der Waals surface area contributed by atoms with Crippen molar-refractivity contribution < 1.29 is 14.3 Å². The molecule has 0 aliphatic carbocycles. The molecule has 1 N–H and O–H groups in total. The second kappa shape index (κ2) is 7.81. The number of carbonyl (C=O) groups excluding carboxylic acids is 2. The van der Waals surface area contributed by atoms with Crippen molar-refractivity contribution in [3.8, 4) is 11.3 Å². The summed E-state index contributed by atoms with van der Waals surface area (Å²) >= 11 is 2.68. The van der Waals surface area contributed by atoms with Crippen LogP contribution >= 0.6 is 22.7 Å². The van der Waals surface area contributed by atoms with Crippen molar-refractivity contribution in [2.45, 2.75) is 20.8 Å². The largest absolute Gasteiger partial charge is 0.462 e. The molecule has 0 radical (unpaired) electrons. The van der Waals surface area contributed by atoms with Gasteiger partial charge in [0, 0.05) is 22.3 Å². The van der Waals surface area contributed by atoms with Gasteiger partial charge in [-0.2, -0.15) is 0 Å². The summed E-state index contributed by atoms with van der Waals surface area (Å²) < 4.78 is 7.01. The number of fused-ring (bicyclic) bond motifs is 1. The Hall–Kier alpha value is -2.97. The second-order valence-electron chi connectivity index (χ2n) is 6.44. The Morgan fingerprint density at radius 3 is 2.62 bits per heavy atom. The highest BCUT2D eigenvalue weighted by Gasteiger charge is 2.22. The number of aryl methyl sites for hydroxylation is 2. The van der Waals surface area contributed by atoms with Crippen LogP contribution in [0.5, 0.6) is 0 Å².